The van der Waals surface area contributed by atoms with Gasteiger partial charge in [-0.25, -0.2) is 4.98 Å². The summed E-state index contributed by atoms with van der Waals surface area (Å²) in [4.78, 5) is 15.5. The number of fused-ring (bicyclic) bond motifs is 1. The molecule has 0 saturated heterocycles. The van der Waals surface area contributed by atoms with Crippen molar-refractivity contribution in [2.24, 2.45) is 0 Å². The topological polar surface area (TPSA) is 78.5 Å². The first-order valence-electron chi connectivity index (χ1n) is 6.82. The van der Waals surface area contributed by atoms with Crippen LogP contribution in [0.5, 0.6) is 0 Å². The molecule has 0 unspecified atom stereocenters. The van der Waals surface area contributed by atoms with Gasteiger partial charge in [-0.2, -0.15) is 34.5 Å². The number of rotatable bonds is 6. The number of aromatic nitrogens is 4. The fraction of sp³-hybridized carbons (Fsp3) is 0.308. The van der Waals surface area contributed by atoms with Gasteiger partial charge in [0, 0.05) is 18.3 Å². The molecule has 3 N–H and O–H groups in total. The molecule has 0 bridgehead atoms. The lowest BCUT2D eigenvalue weighted by Gasteiger charge is -2.10. The summed E-state index contributed by atoms with van der Waals surface area (Å²) in [6.45, 7) is 0.155. The summed E-state index contributed by atoms with van der Waals surface area (Å²) in [5.41, 5.74) is 1.84. The predicted molar refractivity (Wildman–Crippen MR) is 83.1 cm³/mol. The molecule has 3 aromatic rings. The van der Waals surface area contributed by atoms with Gasteiger partial charge in [0.2, 0.25) is 5.95 Å². The maximum Gasteiger partial charge on any atom is 0.389 e. The van der Waals surface area contributed by atoms with Crippen LogP contribution in [0.4, 0.5) is 30.6 Å². The lowest BCUT2D eigenvalue weighted by Crippen LogP contribution is -2.12. The number of H-pyrrole nitrogens is 1. The second kappa shape index (κ2) is 6.41. The lowest BCUT2D eigenvalue weighted by molar-refractivity contribution is -0.134. The quantitative estimate of drug-likeness (QED) is 0.592. The van der Waals surface area contributed by atoms with Gasteiger partial charge in [0.05, 0.1) is 12.0 Å². The largest absolute Gasteiger partial charge is 0.389 e. The number of nitrogens with one attached hydrogen (secondary N) is 3. The summed E-state index contributed by atoms with van der Waals surface area (Å²) < 4.78 is 36.5. The van der Waals surface area contributed by atoms with Crippen LogP contribution in [0.2, 0.25) is 0 Å². The fourth-order valence-corrected chi connectivity index (χ4v) is 2.57. The average Bonchev–Trinajstić information content (AvgIpc) is 3.13. The van der Waals surface area contributed by atoms with E-state index in [0.717, 1.165) is 5.69 Å². The van der Waals surface area contributed by atoms with Crippen molar-refractivity contribution in [3.63, 3.8) is 0 Å². The van der Waals surface area contributed by atoms with Crippen LogP contribution < -0.4 is 10.6 Å². The maximum atomic E-state index is 12.2. The number of anilines is 3. The van der Waals surface area contributed by atoms with Gasteiger partial charge < -0.3 is 15.6 Å². The Hall–Kier alpha value is -2.36. The minimum Gasteiger partial charge on any atom is -0.368 e. The maximum absolute atomic E-state index is 12.2. The molecule has 23 heavy (non-hydrogen) atoms. The van der Waals surface area contributed by atoms with E-state index in [1.165, 1.54) is 17.7 Å². The predicted octanol–water partition coefficient (Wildman–Crippen LogP) is 3.91. The van der Waals surface area contributed by atoms with Crippen molar-refractivity contribution in [3.05, 3.63) is 23.2 Å². The molecule has 0 aliphatic rings. The molecule has 10 heteroatoms. The van der Waals surface area contributed by atoms with Crippen LogP contribution in [0.25, 0.3) is 11.2 Å². The summed E-state index contributed by atoms with van der Waals surface area (Å²) in [5, 5.41) is 9.75. The number of aromatic amines is 1. The van der Waals surface area contributed by atoms with E-state index in [2.05, 4.69) is 30.6 Å². The molecule has 3 aromatic heterocycles. The van der Waals surface area contributed by atoms with E-state index in [-0.39, 0.29) is 13.0 Å². The van der Waals surface area contributed by atoms with Crippen LogP contribution in [0.15, 0.2) is 23.2 Å². The molecular formula is C13H13F3N6S. The van der Waals surface area contributed by atoms with Crippen LogP contribution in [-0.4, -0.2) is 32.7 Å². The van der Waals surface area contributed by atoms with Crippen LogP contribution in [0.3, 0.4) is 0 Å². The summed E-state index contributed by atoms with van der Waals surface area (Å²) in [5.74, 6) is 0.758. The summed E-state index contributed by atoms with van der Waals surface area (Å²) >= 11 is 1.53. The van der Waals surface area contributed by atoms with Crippen LogP contribution in [0, 0.1) is 0 Å². The van der Waals surface area contributed by atoms with E-state index in [9.17, 15) is 13.2 Å². The Balaban J connectivity index is 1.74. The van der Waals surface area contributed by atoms with Crippen molar-refractivity contribution in [1.82, 2.24) is 19.9 Å². The fourth-order valence-electron chi connectivity index (χ4n) is 1.98. The third-order valence-corrected chi connectivity index (χ3v) is 3.68. The molecule has 0 saturated carbocycles. The molecule has 0 amide bonds. The van der Waals surface area contributed by atoms with Crippen LogP contribution in [0.1, 0.15) is 12.8 Å². The number of alkyl halides is 3. The molecule has 0 aliphatic carbocycles. The summed E-state index contributed by atoms with van der Waals surface area (Å²) in [6.07, 6.45) is -3.55. The van der Waals surface area contributed by atoms with Gasteiger partial charge in [0.15, 0.2) is 11.5 Å². The van der Waals surface area contributed by atoms with Crippen LogP contribution >= 0.6 is 11.3 Å². The van der Waals surface area contributed by atoms with Crippen molar-refractivity contribution in [2.75, 3.05) is 17.2 Å². The molecule has 0 aliphatic heterocycles. The van der Waals surface area contributed by atoms with E-state index in [0.29, 0.717) is 22.9 Å². The highest BCUT2D eigenvalue weighted by atomic mass is 32.1. The average molecular weight is 342 g/mol. The smallest absolute Gasteiger partial charge is 0.368 e. The van der Waals surface area contributed by atoms with Gasteiger partial charge in [-0.15, -0.1) is 0 Å². The van der Waals surface area contributed by atoms with E-state index in [4.69, 9.17) is 0 Å². The summed E-state index contributed by atoms with van der Waals surface area (Å²) in [6, 6.07) is 1.87. The van der Waals surface area contributed by atoms with Gasteiger partial charge in [-0.05, 0) is 17.9 Å². The highest BCUT2D eigenvalue weighted by molar-refractivity contribution is 7.08. The number of imidazole rings is 1. The zero-order valence-corrected chi connectivity index (χ0v) is 12.6. The molecule has 0 spiro atoms. The highest BCUT2D eigenvalue weighted by Gasteiger charge is 2.26. The third-order valence-electron chi connectivity index (χ3n) is 2.99. The second-order valence-corrected chi connectivity index (χ2v) is 5.56. The van der Waals surface area contributed by atoms with Crippen molar-refractivity contribution in [1.29, 1.82) is 0 Å². The monoisotopic (exact) mass is 342 g/mol. The van der Waals surface area contributed by atoms with E-state index < -0.39 is 12.6 Å². The molecule has 0 fully saturated rings. The van der Waals surface area contributed by atoms with Gasteiger partial charge in [-0.1, -0.05) is 0 Å². The van der Waals surface area contributed by atoms with Crippen molar-refractivity contribution >= 4 is 40.0 Å². The number of thiophene rings is 1. The number of hydrogen-bond donors (Lipinski definition) is 3. The zero-order chi connectivity index (χ0) is 16.3. The molecule has 3 heterocycles. The van der Waals surface area contributed by atoms with Gasteiger partial charge in [0.25, 0.3) is 0 Å². The Kier molecular flexibility index (Phi) is 4.33. The Bertz CT molecular complexity index is 768. The second-order valence-electron chi connectivity index (χ2n) is 4.78. The first-order chi connectivity index (χ1) is 11.0. The Morgan fingerprint density at radius 2 is 2.13 bits per heavy atom. The summed E-state index contributed by atoms with van der Waals surface area (Å²) in [7, 11) is 0. The third kappa shape index (κ3) is 4.09. The molecule has 3 rings (SSSR count). The standard InChI is InChI=1S/C13H13F3N6S/c14-13(15,16)3-1-4-17-10-9-11(19-7-18-9)22-12(21-10)20-8-2-5-23-6-8/h2,5-7H,1,3-4H2,(H3,17,18,19,20,21,22). The highest BCUT2D eigenvalue weighted by Crippen LogP contribution is 2.24. The molecular weight excluding hydrogens is 329 g/mol. The van der Waals surface area contributed by atoms with E-state index in [1.54, 1.807) is 0 Å². The molecule has 0 aromatic carbocycles. The van der Waals surface area contributed by atoms with Crippen molar-refractivity contribution in [2.45, 2.75) is 19.0 Å². The van der Waals surface area contributed by atoms with Crippen molar-refractivity contribution in [3.8, 4) is 0 Å². The minimum absolute atomic E-state index is 0.0313. The molecule has 6 nitrogen and oxygen atoms in total. The number of halogens is 3. The first kappa shape index (κ1) is 15.5. The molecule has 122 valence electrons. The lowest BCUT2D eigenvalue weighted by atomic mass is 10.3. The molecule has 0 atom stereocenters. The first-order valence-corrected chi connectivity index (χ1v) is 7.76. The van der Waals surface area contributed by atoms with E-state index in [1.807, 2.05) is 16.8 Å². The normalized spacial score (nSPS) is 11.8. The SMILES string of the molecule is FC(F)(F)CCCNc1nc(Nc2ccsc2)nc2nc[nH]c12. The number of hydrogen-bond acceptors (Lipinski definition) is 6. The van der Waals surface area contributed by atoms with Crippen LogP contribution in [-0.2, 0) is 0 Å². The van der Waals surface area contributed by atoms with Gasteiger partial charge >= 0.3 is 6.18 Å². The van der Waals surface area contributed by atoms with Gasteiger partial charge in [-0.3, -0.25) is 0 Å². The zero-order valence-electron chi connectivity index (χ0n) is 11.8. The molecule has 0 radical (unpaired) electrons. The van der Waals surface area contributed by atoms with Crippen molar-refractivity contribution < 1.29 is 13.2 Å². The Morgan fingerprint density at radius 3 is 2.87 bits per heavy atom. The minimum atomic E-state index is -4.15. The van der Waals surface area contributed by atoms with E-state index >= 15 is 0 Å². The Labute approximate surface area is 133 Å². The Morgan fingerprint density at radius 1 is 1.26 bits per heavy atom. The van der Waals surface area contributed by atoms with Gasteiger partial charge in [0.1, 0.15) is 5.52 Å². The number of nitrogens with zero attached hydrogens (tertiary/aromatic N) is 3.